The maximum Gasteiger partial charge on any atom is 0.0688 e. The Labute approximate surface area is 301 Å². The highest BCUT2D eigenvalue weighted by Gasteiger charge is 2.29. The molecule has 50 heavy (non-hydrogen) atoms. The molecule has 0 saturated carbocycles. The van der Waals surface area contributed by atoms with Gasteiger partial charge in [-0.25, -0.2) is 0 Å². The summed E-state index contributed by atoms with van der Waals surface area (Å²) in [7, 11) is -2.08. The molecule has 0 fully saturated rings. The standard InChI is InChI=1S/C46H48O2P2/c1-29-15-30(2)20-39(19-29)49(40-21-31(3)16-32(4)22-40)43-13-9-11-37(27-47)45(43)46-38(28-48)12-10-14-44(46)50(41-23-33(5)17-34(6)24-41)42-25-35(7)18-36(8)26-42/h9-26,47-48H,27-28H2,1-8H3. The Kier molecular flexibility index (Phi) is 10.9. The molecule has 0 spiro atoms. The minimum absolute atomic E-state index is 0.101. The molecule has 0 aliphatic rings. The lowest BCUT2D eigenvalue weighted by Crippen LogP contribution is -2.28. The van der Waals surface area contributed by atoms with Crippen molar-refractivity contribution in [2.75, 3.05) is 0 Å². The minimum atomic E-state index is -1.04. The van der Waals surface area contributed by atoms with Gasteiger partial charge in [-0.2, -0.15) is 0 Å². The largest absolute Gasteiger partial charge is 0.392 e. The van der Waals surface area contributed by atoms with Crippen molar-refractivity contribution in [2.45, 2.75) is 68.6 Å². The minimum Gasteiger partial charge on any atom is -0.392 e. The molecule has 0 amide bonds. The van der Waals surface area contributed by atoms with E-state index >= 15 is 0 Å². The number of rotatable bonds is 9. The zero-order valence-corrected chi connectivity index (χ0v) is 32.4. The number of aryl methyl sites for hydroxylation is 8. The van der Waals surface area contributed by atoms with Crippen molar-refractivity contribution in [3.63, 3.8) is 0 Å². The van der Waals surface area contributed by atoms with Gasteiger partial charge in [0.15, 0.2) is 0 Å². The highest BCUT2D eigenvalue weighted by molar-refractivity contribution is 7.80. The Bertz CT molecular complexity index is 1860. The van der Waals surface area contributed by atoms with E-state index in [4.69, 9.17) is 0 Å². The van der Waals surface area contributed by atoms with Crippen LogP contribution in [0.2, 0.25) is 0 Å². The van der Waals surface area contributed by atoms with E-state index in [9.17, 15) is 10.2 Å². The fraction of sp³-hybridized carbons (Fsp3) is 0.217. The third-order valence-corrected chi connectivity index (χ3v) is 14.0. The molecular formula is C46H48O2P2. The van der Waals surface area contributed by atoms with Crippen molar-refractivity contribution in [1.82, 2.24) is 0 Å². The van der Waals surface area contributed by atoms with Crippen LogP contribution in [0, 0.1) is 55.4 Å². The molecule has 0 aromatic heterocycles. The van der Waals surface area contributed by atoms with E-state index in [1.807, 2.05) is 0 Å². The molecule has 0 heterocycles. The van der Waals surface area contributed by atoms with E-state index in [0.717, 1.165) is 22.3 Å². The van der Waals surface area contributed by atoms with E-state index < -0.39 is 15.8 Å². The molecule has 0 saturated heterocycles. The van der Waals surface area contributed by atoms with Gasteiger partial charge >= 0.3 is 0 Å². The highest BCUT2D eigenvalue weighted by Crippen LogP contribution is 2.44. The van der Waals surface area contributed by atoms with Gasteiger partial charge in [0.05, 0.1) is 13.2 Å². The second-order valence-electron chi connectivity index (χ2n) is 14.0. The molecule has 0 unspecified atom stereocenters. The SMILES string of the molecule is Cc1cc(C)cc(P(c2cc(C)cc(C)c2)c2cccc(CO)c2-c2c(CO)cccc2P(c2cc(C)cc(C)c2)c2cc(C)cc(C)c2)c1. The van der Waals surface area contributed by atoms with E-state index in [-0.39, 0.29) is 13.2 Å². The van der Waals surface area contributed by atoms with Crippen LogP contribution in [0.5, 0.6) is 0 Å². The zero-order valence-electron chi connectivity index (χ0n) is 30.6. The molecular weight excluding hydrogens is 646 g/mol. The summed E-state index contributed by atoms with van der Waals surface area (Å²) in [6, 6.07) is 40.5. The molecule has 0 aliphatic carbocycles. The molecule has 6 aromatic carbocycles. The maximum absolute atomic E-state index is 11.1. The summed E-state index contributed by atoms with van der Waals surface area (Å²) in [4.78, 5) is 0. The van der Waals surface area contributed by atoms with Crippen LogP contribution >= 0.6 is 15.8 Å². The average molecular weight is 695 g/mol. The fourth-order valence-corrected chi connectivity index (χ4v) is 13.4. The maximum atomic E-state index is 11.1. The van der Waals surface area contributed by atoms with Gasteiger partial charge in [0.2, 0.25) is 0 Å². The van der Waals surface area contributed by atoms with Crippen molar-refractivity contribution < 1.29 is 10.2 Å². The Morgan fingerprint density at radius 1 is 0.360 bits per heavy atom. The van der Waals surface area contributed by atoms with Gasteiger partial charge in [0, 0.05) is 0 Å². The summed E-state index contributed by atoms with van der Waals surface area (Å²) in [6.45, 7) is 17.2. The molecule has 2 N–H and O–H groups in total. The molecule has 0 bridgehead atoms. The number of aliphatic hydroxyl groups excluding tert-OH is 2. The molecule has 0 radical (unpaired) electrons. The quantitative estimate of drug-likeness (QED) is 0.150. The first-order valence-electron chi connectivity index (χ1n) is 17.3. The predicted octanol–water partition coefficient (Wildman–Crippen LogP) is 8.32. The molecule has 4 heteroatoms. The first kappa shape index (κ1) is 35.9. The Hall–Kier alpha value is -3.90. The van der Waals surface area contributed by atoms with Crippen molar-refractivity contribution >= 4 is 47.7 Å². The Morgan fingerprint density at radius 2 is 0.600 bits per heavy atom. The lowest BCUT2D eigenvalue weighted by molar-refractivity contribution is 0.280. The van der Waals surface area contributed by atoms with Crippen LogP contribution in [-0.2, 0) is 13.2 Å². The van der Waals surface area contributed by atoms with Gasteiger partial charge < -0.3 is 10.2 Å². The zero-order chi connectivity index (χ0) is 35.7. The molecule has 0 atom stereocenters. The first-order valence-corrected chi connectivity index (χ1v) is 20.0. The van der Waals surface area contributed by atoms with Crippen molar-refractivity contribution in [3.05, 3.63) is 165 Å². The van der Waals surface area contributed by atoms with E-state index in [1.165, 1.54) is 76.3 Å². The van der Waals surface area contributed by atoms with Gasteiger partial charge in [-0.05, 0) is 125 Å². The topological polar surface area (TPSA) is 40.5 Å². The van der Waals surface area contributed by atoms with Crippen molar-refractivity contribution in [3.8, 4) is 11.1 Å². The van der Waals surface area contributed by atoms with E-state index in [2.05, 4.69) is 165 Å². The van der Waals surface area contributed by atoms with Gasteiger partial charge in [-0.15, -0.1) is 0 Å². The van der Waals surface area contributed by atoms with E-state index in [1.54, 1.807) is 0 Å². The summed E-state index contributed by atoms with van der Waals surface area (Å²) in [5.74, 6) is 0. The van der Waals surface area contributed by atoms with Gasteiger partial charge in [-0.1, -0.05) is 154 Å². The summed E-state index contributed by atoms with van der Waals surface area (Å²) >= 11 is 0. The summed E-state index contributed by atoms with van der Waals surface area (Å²) in [5, 5.41) is 29.8. The normalized spacial score (nSPS) is 11.5. The number of hydrogen-bond acceptors (Lipinski definition) is 2. The first-order chi connectivity index (χ1) is 23.9. The van der Waals surface area contributed by atoms with Crippen LogP contribution in [0.15, 0.2) is 109 Å². The lowest BCUT2D eigenvalue weighted by Gasteiger charge is -2.30. The number of hydrogen-bond donors (Lipinski definition) is 2. The second-order valence-corrected chi connectivity index (χ2v) is 18.4. The molecule has 254 valence electrons. The molecule has 0 aliphatic heterocycles. The van der Waals surface area contributed by atoms with Crippen molar-refractivity contribution in [2.24, 2.45) is 0 Å². The van der Waals surface area contributed by atoms with Crippen LogP contribution in [-0.4, -0.2) is 10.2 Å². The fourth-order valence-electron chi connectivity index (χ4n) is 7.56. The van der Waals surface area contributed by atoms with Crippen LogP contribution in [0.25, 0.3) is 11.1 Å². The van der Waals surface area contributed by atoms with Crippen molar-refractivity contribution in [1.29, 1.82) is 0 Å². The Morgan fingerprint density at radius 3 is 0.820 bits per heavy atom. The van der Waals surface area contributed by atoms with Crippen LogP contribution in [0.3, 0.4) is 0 Å². The molecule has 2 nitrogen and oxygen atoms in total. The van der Waals surface area contributed by atoms with Gasteiger partial charge in [-0.3, -0.25) is 0 Å². The molecule has 6 rings (SSSR count). The summed E-state index contributed by atoms with van der Waals surface area (Å²) in [6.07, 6.45) is 0. The smallest absolute Gasteiger partial charge is 0.0688 e. The monoisotopic (exact) mass is 694 g/mol. The van der Waals surface area contributed by atoms with Crippen LogP contribution < -0.4 is 31.8 Å². The summed E-state index contributed by atoms with van der Waals surface area (Å²) < 4.78 is 0. The summed E-state index contributed by atoms with van der Waals surface area (Å²) in [5.41, 5.74) is 13.7. The molecule has 6 aromatic rings. The van der Waals surface area contributed by atoms with Gasteiger partial charge in [0.1, 0.15) is 0 Å². The highest BCUT2D eigenvalue weighted by atomic mass is 31.1. The number of benzene rings is 6. The average Bonchev–Trinajstić information content (AvgIpc) is 3.03. The lowest BCUT2D eigenvalue weighted by atomic mass is 9.95. The van der Waals surface area contributed by atoms with Crippen LogP contribution in [0.4, 0.5) is 0 Å². The Balaban J connectivity index is 1.75. The predicted molar refractivity (Wildman–Crippen MR) is 219 cm³/mol. The van der Waals surface area contributed by atoms with Gasteiger partial charge in [0.25, 0.3) is 0 Å². The third-order valence-electron chi connectivity index (χ3n) is 9.19. The van der Waals surface area contributed by atoms with E-state index in [0.29, 0.717) is 0 Å². The second kappa shape index (κ2) is 15.1. The van der Waals surface area contributed by atoms with Crippen LogP contribution in [0.1, 0.15) is 55.6 Å². The third kappa shape index (κ3) is 7.56. The number of aliphatic hydroxyl groups is 2.